The number of hydrogen-bond donors (Lipinski definition) is 0. The first-order valence-corrected chi connectivity index (χ1v) is 6.90. The van der Waals surface area contributed by atoms with Gasteiger partial charge in [0.05, 0.1) is 16.9 Å². The number of pyridine rings is 1. The van der Waals surface area contributed by atoms with Crippen LogP contribution >= 0.6 is 0 Å². The molecular formula is C17H14N4. The summed E-state index contributed by atoms with van der Waals surface area (Å²) in [4.78, 5) is 13.4. The molecule has 0 aliphatic heterocycles. The molecule has 4 nitrogen and oxygen atoms in total. The second-order valence-electron chi connectivity index (χ2n) is 5.17. The summed E-state index contributed by atoms with van der Waals surface area (Å²) in [5, 5.41) is 1.02. The van der Waals surface area contributed by atoms with Crippen LogP contribution in [0.4, 0.5) is 0 Å². The highest BCUT2D eigenvalue weighted by Gasteiger charge is 2.10. The van der Waals surface area contributed by atoms with E-state index in [0.717, 1.165) is 39.3 Å². The Hall–Kier alpha value is -2.75. The predicted octanol–water partition coefficient (Wildman–Crippen LogP) is 3.56. The van der Waals surface area contributed by atoms with Crippen LogP contribution < -0.4 is 0 Å². The van der Waals surface area contributed by atoms with Gasteiger partial charge in [-0.3, -0.25) is 9.38 Å². The molecule has 3 heterocycles. The van der Waals surface area contributed by atoms with Gasteiger partial charge in [-0.2, -0.15) is 0 Å². The first-order valence-electron chi connectivity index (χ1n) is 6.90. The molecule has 0 fully saturated rings. The van der Waals surface area contributed by atoms with Crippen molar-refractivity contribution < 1.29 is 0 Å². The minimum atomic E-state index is 0.739. The molecule has 0 spiro atoms. The second-order valence-corrected chi connectivity index (χ2v) is 5.17. The zero-order chi connectivity index (χ0) is 14.4. The summed E-state index contributed by atoms with van der Waals surface area (Å²) in [6, 6.07) is 12.3. The lowest BCUT2D eigenvalue weighted by atomic mass is 10.1. The van der Waals surface area contributed by atoms with Crippen molar-refractivity contribution in [1.29, 1.82) is 0 Å². The fraction of sp³-hybridized carbons (Fsp3) is 0.118. The van der Waals surface area contributed by atoms with Gasteiger partial charge in [-0.05, 0) is 19.9 Å². The number of fused-ring (bicyclic) bond motifs is 3. The Morgan fingerprint density at radius 3 is 2.52 bits per heavy atom. The molecule has 0 bridgehead atoms. The molecule has 102 valence electrons. The molecule has 4 aromatic rings. The smallest absolute Gasteiger partial charge is 0.234 e. The van der Waals surface area contributed by atoms with E-state index >= 15 is 0 Å². The van der Waals surface area contributed by atoms with Crippen molar-refractivity contribution in [3.05, 3.63) is 60.2 Å². The van der Waals surface area contributed by atoms with E-state index < -0.39 is 0 Å². The molecule has 0 aliphatic rings. The number of imidazole rings is 1. The summed E-state index contributed by atoms with van der Waals surface area (Å²) < 4.78 is 2.10. The van der Waals surface area contributed by atoms with Gasteiger partial charge in [-0.1, -0.05) is 30.3 Å². The Morgan fingerprint density at radius 2 is 1.71 bits per heavy atom. The highest BCUT2D eigenvalue weighted by molar-refractivity contribution is 5.83. The Kier molecular flexibility index (Phi) is 2.51. The average molecular weight is 274 g/mol. The maximum Gasteiger partial charge on any atom is 0.234 e. The van der Waals surface area contributed by atoms with E-state index in [1.807, 2.05) is 37.5 Å². The molecule has 0 N–H and O–H groups in total. The average Bonchev–Trinajstić information content (AvgIpc) is 2.83. The number of benzene rings is 1. The van der Waals surface area contributed by atoms with E-state index in [1.165, 1.54) is 0 Å². The number of aryl methyl sites for hydroxylation is 2. The molecule has 0 saturated heterocycles. The first kappa shape index (κ1) is 12.0. The van der Waals surface area contributed by atoms with Gasteiger partial charge in [-0.25, -0.2) is 9.97 Å². The Morgan fingerprint density at radius 1 is 0.952 bits per heavy atom. The van der Waals surface area contributed by atoms with E-state index in [9.17, 15) is 0 Å². The first-order chi connectivity index (χ1) is 10.2. The van der Waals surface area contributed by atoms with E-state index in [2.05, 4.69) is 44.5 Å². The van der Waals surface area contributed by atoms with E-state index in [4.69, 9.17) is 0 Å². The molecule has 0 amide bonds. The van der Waals surface area contributed by atoms with Crippen molar-refractivity contribution in [2.75, 3.05) is 0 Å². The lowest BCUT2D eigenvalue weighted by Crippen LogP contribution is -1.95. The fourth-order valence-electron chi connectivity index (χ4n) is 2.61. The van der Waals surface area contributed by atoms with Gasteiger partial charge in [0.15, 0.2) is 0 Å². The van der Waals surface area contributed by atoms with E-state index in [1.54, 1.807) is 0 Å². The van der Waals surface area contributed by atoms with Crippen molar-refractivity contribution in [1.82, 2.24) is 19.4 Å². The van der Waals surface area contributed by atoms with Crippen LogP contribution in [0.3, 0.4) is 0 Å². The summed E-state index contributed by atoms with van der Waals surface area (Å²) in [5.74, 6) is 0.739. The molecule has 0 radical (unpaired) electrons. The van der Waals surface area contributed by atoms with Gasteiger partial charge in [0, 0.05) is 29.0 Å². The van der Waals surface area contributed by atoms with Crippen LogP contribution in [0.5, 0.6) is 0 Å². The zero-order valence-electron chi connectivity index (χ0n) is 11.9. The number of aromatic nitrogens is 4. The van der Waals surface area contributed by atoms with Gasteiger partial charge in [0.1, 0.15) is 0 Å². The van der Waals surface area contributed by atoms with Crippen LogP contribution in [0.2, 0.25) is 0 Å². The third-order valence-electron chi connectivity index (χ3n) is 3.87. The zero-order valence-corrected chi connectivity index (χ0v) is 11.9. The normalized spacial score (nSPS) is 11.3. The fourth-order valence-corrected chi connectivity index (χ4v) is 2.61. The van der Waals surface area contributed by atoms with Crippen LogP contribution in [-0.4, -0.2) is 19.4 Å². The maximum atomic E-state index is 4.55. The third kappa shape index (κ3) is 1.80. The lowest BCUT2D eigenvalue weighted by Gasteiger charge is -2.06. The summed E-state index contributed by atoms with van der Waals surface area (Å²) in [6.45, 7) is 4.08. The molecule has 4 heteroatoms. The van der Waals surface area contributed by atoms with Crippen LogP contribution in [0.1, 0.15) is 11.4 Å². The van der Waals surface area contributed by atoms with E-state index in [0.29, 0.717) is 0 Å². The quantitative estimate of drug-likeness (QED) is 0.533. The Bertz CT molecular complexity index is 955. The van der Waals surface area contributed by atoms with Crippen molar-refractivity contribution in [2.45, 2.75) is 13.8 Å². The van der Waals surface area contributed by atoms with Crippen LogP contribution in [0.25, 0.3) is 27.9 Å². The summed E-state index contributed by atoms with van der Waals surface area (Å²) >= 11 is 0. The molecular weight excluding hydrogens is 260 g/mol. The lowest BCUT2D eigenvalue weighted by molar-refractivity contribution is 1.10. The van der Waals surface area contributed by atoms with Gasteiger partial charge in [0.25, 0.3) is 0 Å². The minimum Gasteiger partial charge on any atom is -0.281 e. The summed E-state index contributed by atoms with van der Waals surface area (Å²) in [5.41, 5.74) is 5.29. The SMILES string of the molecule is Cc1nc2ncc3cnc(-c4ccccc4)cc3n2c1C. The van der Waals surface area contributed by atoms with Crippen LogP contribution in [0.15, 0.2) is 48.8 Å². The molecule has 3 aromatic heterocycles. The van der Waals surface area contributed by atoms with Crippen LogP contribution in [0, 0.1) is 13.8 Å². The van der Waals surface area contributed by atoms with Gasteiger partial charge in [0.2, 0.25) is 5.78 Å². The standard InChI is InChI=1S/C17H14N4/c1-11-12(2)21-16-8-15(13-6-4-3-5-7-13)18-9-14(16)10-19-17(21)20-11/h3-10H,1-2H3. The summed E-state index contributed by atoms with van der Waals surface area (Å²) in [6.07, 6.45) is 3.71. The second kappa shape index (κ2) is 4.38. The van der Waals surface area contributed by atoms with Crippen molar-refractivity contribution >= 4 is 16.7 Å². The Balaban J connectivity index is 2.08. The highest BCUT2D eigenvalue weighted by atomic mass is 15.1. The largest absolute Gasteiger partial charge is 0.281 e. The molecule has 1 aromatic carbocycles. The number of nitrogens with zero attached hydrogens (tertiary/aromatic N) is 4. The van der Waals surface area contributed by atoms with Crippen molar-refractivity contribution in [2.24, 2.45) is 0 Å². The van der Waals surface area contributed by atoms with Gasteiger partial charge in [-0.15, -0.1) is 0 Å². The number of rotatable bonds is 1. The summed E-state index contributed by atoms with van der Waals surface area (Å²) in [7, 11) is 0. The molecule has 0 unspecified atom stereocenters. The predicted molar refractivity (Wildman–Crippen MR) is 83.2 cm³/mol. The van der Waals surface area contributed by atoms with Gasteiger partial charge >= 0.3 is 0 Å². The maximum absolute atomic E-state index is 4.55. The minimum absolute atomic E-state index is 0.739. The topological polar surface area (TPSA) is 43.1 Å². The molecule has 0 aliphatic carbocycles. The van der Waals surface area contributed by atoms with Gasteiger partial charge < -0.3 is 0 Å². The monoisotopic (exact) mass is 274 g/mol. The molecule has 4 rings (SSSR count). The number of hydrogen-bond acceptors (Lipinski definition) is 3. The van der Waals surface area contributed by atoms with Crippen LogP contribution in [-0.2, 0) is 0 Å². The molecule has 21 heavy (non-hydrogen) atoms. The third-order valence-corrected chi connectivity index (χ3v) is 3.87. The van der Waals surface area contributed by atoms with Crippen molar-refractivity contribution in [3.63, 3.8) is 0 Å². The molecule has 0 saturated carbocycles. The molecule has 0 atom stereocenters. The highest BCUT2D eigenvalue weighted by Crippen LogP contribution is 2.23. The Labute approximate surface area is 122 Å². The van der Waals surface area contributed by atoms with E-state index in [-0.39, 0.29) is 0 Å². The van der Waals surface area contributed by atoms with Crippen molar-refractivity contribution in [3.8, 4) is 11.3 Å².